The molecule has 14 nitrogen and oxygen atoms in total. The molecule has 0 aromatic heterocycles. The largest absolute Gasteiger partial charge is 0.346 e. The third-order valence-electron chi connectivity index (χ3n) is 15.6. The maximum absolute atomic E-state index is 12.2. The predicted octanol–water partition coefficient (Wildman–Crippen LogP) is 16.0. The highest BCUT2D eigenvalue weighted by Gasteiger charge is 2.28. The quantitative estimate of drug-likeness (QED) is 0.0315. The van der Waals surface area contributed by atoms with Gasteiger partial charge < -0.3 is 32.7 Å². The summed E-state index contributed by atoms with van der Waals surface area (Å²) in [6, 6.07) is -2.33. The Hall–Kier alpha value is -3.52. The van der Waals surface area contributed by atoms with Gasteiger partial charge in [-0.1, -0.05) is 286 Å². The first kappa shape index (κ1) is 90.2. The van der Waals surface area contributed by atoms with Gasteiger partial charge in [0.05, 0.1) is 36.3 Å². The third kappa shape index (κ3) is 49.1. The van der Waals surface area contributed by atoms with Gasteiger partial charge in [0.15, 0.2) is 23.1 Å². The van der Waals surface area contributed by atoms with Gasteiger partial charge in [0, 0.05) is 35.5 Å². The zero-order valence-corrected chi connectivity index (χ0v) is 58.0. The first-order chi connectivity index (χ1) is 39.7. The van der Waals surface area contributed by atoms with Gasteiger partial charge in [0.1, 0.15) is 0 Å². The molecule has 8 unspecified atom stereocenters. The second-order valence-electron chi connectivity index (χ2n) is 25.5. The number of amides is 4. The van der Waals surface area contributed by atoms with E-state index in [1.807, 2.05) is 69.2 Å². The van der Waals surface area contributed by atoms with Crippen molar-refractivity contribution in [2.75, 3.05) is 0 Å². The molecule has 0 saturated heterocycles. The van der Waals surface area contributed by atoms with Gasteiger partial charge >= 0.3 is 0 Å². The number of carbonyl (C=O) groups excluding carboxylic acids is 8. The van der Waals surface area contributed by atoms with Crippen molar-refractivity contribution in [1.29, 1.82) is 0 Å². The molecule has 0 aliphatic carbocycles. The van der Waals surface area contributed by atoms with Crippen molar-refractivity contribution in [2.24, 2.45) is 47.0 Å². The molecule has 0 spiro atoms. The van der Waals surface area contributed by atoms with E-state index in [4.69, 9.17) is 11.5 Å². The molecule has 8 N–H and O–H groups in total. The Labute approximate surface area is 524 Å². The average Bonchev–Trinajstić information content (AvgIpc) is 3.46. The maximum atomic E-state index is 12.2. The lowest BCUT2D eigenvalue weighted by Gasteiger charge is -2.21. The SMILES string of the molecule is C.CCCCCC(C)C(=O)NC(CCCCC)C(=O)C(C)C.CCCCCC(C)C(=O)NC(CCCCC)C(=O)C(C)C.CCCCCC(N)C(=O)NC(CCCCC)C(=O)C(C)C.CCCCCC(N)C(=O)NC(CCCCC)C(=O)C(C)C. The molecule has 0 aliphatic heterocycles. The van der Waals surface area contributed by atoms with Crippen molar-refractivity contribution in [1.82, 2.24) is 21.3 Å². The van der Waals surface area contributed by atoms with Gasteiger partial charge in [-0.05, 0) is 51.4 Å². The van der Waals surface area contributed by atoms with Crippen LogP contribution in [0.1, 0.15) is 338 Å². The van der Waals surface area contributed by atoms with E-state index in [2.05, 4.69) is 76.7 Å². The summed E-state index contributed by atoms with van der Waals surface area (Å²) in [6.45, 7) is 36.2. The number of nitrogens with two attached hydrogens (primary N) is 2. The lowest BCUT2D eigenvalue weighted by molar-refractivity contribution is -0.131. The van der Waals surface area contributed by atoms with E-state index < -0.39 is 12.1 Å². The molecule has 0 aliphatic rings. The Balaban J connectivity index is -0.000000333. The Morgan fingerprint density at radius 1 is 0.259 bits per heavy atom. The van der Waals surface area contributed by atoms with Crippen LogP contribution in [-0.4, -0.2) is 83.0 Å². The summed E-state index contributed by atoms with van der Waals surface area (Å²) >= 11 is 0. The van der Waals surface area contributed by atoms with Gasteiger partial charge in [0.25, 0.3) is 0 Å². The van der Waals surface area contributed by atoms with Crippen LogP contribution in [-0.2, 0) is 38.4 Å². The fraction of sp³-hybridized carbons (Fsp3) is 0.887. The number of hydrogen-bond acceptors (Lipinski definition) is 10. The topological polar surface area (TPSA) is 237 Å². The van der Waals surface area contributed by atoms with Gasteiger partial charge in [-0.25, -0.2) is 0 Å². The van der Waals surface area contributed by atoms with Crippen LogP contribution in [0.2, 0.25) is 0 Å². The second-order valence-corrected chi connectivity index (χ2v) is 25.5. The van der Waals surface area contributed by atoms with Crippen LogP contribution in [0.5, 0.6) is 0 Å². The van der Waals surface area contributed by atoms with E-state index in [1.165, 1.54) is 25.7 Å². The first-order valence-electron chi connectivity index (χ1n) is 34.6. The zero-order valence-electron chi connectivity index (χ0n) is 58.0. The van der Waals surface area contributed by atoms with E-state index in [-0.39, 0.29) is 114 Å². The van der Waals surface area contributed by atoms with Crippen LogP contribution >= 0.6 is 0 Å². The number of rotatable bonds is 48. The average molecular weight is 1210 g/mol. The monoisotopic (exact) mass is 1210 g/mol. The van der Waals surface area contributed by atoms with Crippen molar-refractivity contribution in [3.8, 4) is 0 Å². The molecule has 0 saturated carbocycles. The number of nitrogens with one attached hydrogen (secondary N) is 4. The number of carbonyl (C=O) groups is 8. The summed E-state index contributed by atoms with van der Waals surface area (Å²) in [6.07, 6.45) is 32.2. The summed E-state index contributed by atoms with van der Waals surface area (Å²) in [5.74, 6) is 0.128. The minimum Gasteiger partial charge on any atom is -0.346 e. The van der Waals surface area contributed by atoms with Crippen LogP contribution in [0, 0.1) is 35.5 Å². The molecule has 0 heterocycles. The molecular weight excluding hydrogens is 1060 g/mol. The second kappa shape index (κ2) is 59.4. The van der Waals surface area contributed by atoms with Crippen molar-refractivity contribution in [2.45, 2.75) is 374 Å². The summed E-state index contributed by atoms with van der Waals surface area (Å²) in [5.41, 5.74) is 11.8. The maximum Gasteiger partial charge on any atom is 0.237 e. The molecule has 8 atom stereocenters. The lowest BCUT2D eigenvalue weighted by Crippen LogP contribution is -2.49. The molecule has 0 radical (unpaired) electrons. The Morgan fingerprint density at radius 2 is 0.424 bits per heavy atom. The van der Waals surface area contributed by atoms with Gasteiger partial charge in [-0.15, -0.1) is 0 Å². The first-order valence-corrected chi connectivity index (χ1v) is 34.6. The van der Waals surface area contributed by atoms with Gasteiger partial charge in [-0.3, -0.25) is 38.4 Å². The molecular formula is C71H142N6O8. The smallest absolute Gasteiger partial charge is 0.237 e. The molecule has 504 valence electrons. The molecule has 0 fully saturated rings. The Morgan fingerprint density at radius 3 is 0.600 bits per heavy atom. The predicted molar refractivity (Wildman–Crippen MR) is 361 cm³/mol. The fourth-order valence-electron chi connectivity index (χ4n) is 9.48. The number of hydrogen-bond donors (Lipinski definition) is 6. The van der Waals surface area contributed by atoms with Crippen LogP contribution in [0.4, 0.5) is 0 Å². The van der Waals surface area contributed by atoms with E-state index in [0.717, 1.165) is 167 Å². The molecule has 4 amide bonds. The summed E-state index contributed by atoms with van der Waals surface area (Å²) in [5, 5.41) is 11.7. The third-order valence-corrected chi connectivity index (χ3v) is 15.6. The van der Waals surface area contributed by atoms with Crippen molar-refractivity contribution < 1.29 is 38.4 Å². The van der Waals surface area contributed by atoms with Crippen molar-refractivity contribution >= 4 is 46.8 Å². The van der Waals surface area contributed by atoms with Crippen LogP contribution in [0.15, 0.2) is 0 Å². The highest BCUT2D eigenvalue weighted by molar-refractivity contribution is 5.93. The van der Waals surface area contributed by atoms with Gasteiger partial charge in [0.2, 0.25) is 23.6 Å². The molecule has 85 heavy (non-hydrogen) atoms. The van der Waals surface area contributed by atoms with E-state index in [0.29, 0.717) is 12.8 Å². The summed E-state index contributed by atoms with van der Waals surface area (Å²) < 4.78 is 0. The zero-order chi connectivity index (χ0) is 65.0. The highest BCUT2D eigenvalue weighted by Crippen LogP contribution is 2.17. The minimum atomic E-state index is -0.495. The molecule has 0 aromatic rings. The van der Waals surface area contributed by atoms with Crippen LogP contribution in [0.25, 0.3) is 0 Å². The molecule has 14 heteroatoms. The van der Waals surface area contributed by atoms with Crippen molar-refractivity contribution in [3.63, 3.8) is 0 Å². The fourth-order valence-corrected chi connectivity index (χ4v) is 9.48. The van der Waals surface area contributed by atoms with E-state index in [1.54, 1.807) is 0 Å². The number of ketones is 4. The lowest BCUT2D eigenvalue weighted by atomic mass is 9.95. The van der Waals surface area contributed by atoms with E-state index >= 15 is 0 Å². The highest BCUT2D eigenvalue weighted by atomic mass is 16.2. The molecule has 0 aromatic carbocycles. The number of unbranched alkanes of at least 4 members (excludes halogenated alkanes) is 16. The Kier molecular flexibility index (Phi) is 63.1. The molecule has 0 rings (SSSR count). The summed E-state index contributed by atoms with van der Waals surface area (Å²) in [4.78, 5) is 97.6. The standard InChI is InChI=1S/2C18H35NO2.2C17H34N2O2.CH4/c2*1-6-8-10-12-15(5)18(21)19-16(13-11-9-7-2)17(20)14(3)4;2*1-5-7-9-11-14(18)17(21)19-15(12-10-8-6-2)16(20)13(3)4;/h2*14-16H,6-13H2,1-5H3,(H,19,21);2*13-15H,5-12,18H2,1-4H3,(H,19,21);1H4. The van der Waals surface area contributed by atoms with Crippen LogP contribution in [0.3, 0.4) is 0 Å². The van der Waals surface area contributed by atoms with Crippen molar-refractivity contribution in [3.05, 3.63) is 0 Å². The van der Waals surface area contributed by atoms with Crippen LogP contribution < -0.4 is 32.7 Å². The van der Waals surface area contributed by atoms with Gasteiger partial charge in [-0.2, -0.15) is 0 Å². The normalized spacial score (nSPS) is 13.8. The summed E-state index contributed by atoms with van der Waals surface area (Å²) in [7, 11) is 0. The number of Topliss-reactive ketones (excluding diaryl/α,β-unsaturated/α-hetero) is 4. The Bertz CT molecular complexity index is 1450. The minimum absolute atomic E-state index is 0. The molecule has 0 bridgehead atoms. The van der Waals surface area contributed by atoms with E-state index in [9.17, 15) is 38.4 Å².